The van der Waals surface area contributed by atoms with Crippen molar-refractivity contribution in [1.82, 2.24) is 4.90 Å². The number of halogens is 1. The SMILES string of the molecule is Cc1cc(F)ccc1C1CC(=O)C=CN1C(=O)O. The van der Waals surface area contributed by atoms with Crippen molar-refractivity contribution >= 4 is 11.9 Å². The van der Waals surface area contributed by atoms with Crippen molar-refractivity contribution in [1.29, 1.82) is 0 Å². The Hall–Kier alpha value is -2.17. The Morgan fingerprint density at radius 3 is 2.83 bits per heavy atom. The molecule has 18 heavy (non-hydrogen) atoms. The maximum atomic E-state index is 13.0. The number of allylic oxidation sites excluding steroid dienone is 1. The van der Waals surface area contributed by atoms with Crippen LogP contribution >= 0.6 is 0 Å². The van der Waals surface area contributed by atoms with E-state index in [0.717, 1.165) is 4.90 Å². The van der Waals surface area contributed by atoms with Crippen LogP contribution in [0.25, 0.3) is 0 Å². The van der Waals surface area contributed by atoms with Gasteiger partial charge < -0.3 is 5.11 Å². The molecule has 1 N–H and O–H groups in total. The van der Waals surface area contributed by atoms with Crippen LogP contribution in [0.1, 0.15) is 23.6 Å². The molecule has 1 amide bonds. The summed E-state index contributed by atoms with van der Waals surface area (Å²) in [5, 5.41) is 9.09. The molecule has 2 rings (SSSR count). The van der Waals surface area contributed by atoms with Crippen LogP contribution in [0.4, 0.5) is 9.18 Å². The molecular weight excluding hydrogens is 237 g/mol. The molecule has 0 aromatic heterocycles. The van der Waals surface area contributed by atoms with Gasteiger partial charge in [0, 0.05) is 12.6 Å². The second-order valence-electron chi connectivity index (χ2n) is 4.19. The largest absolute Gasteiger partial charge is 0.465 e. The maximum Gasteiger partial charge on any atom is 0.411 e. The van der Waals surface area contributed by atoms with Gasteiger partial charge in [-0.25, -0.2) is 9.18 Å². The monoisotopic (exact) mass is 249 g/mol. The van der Waals surface area contributed by atoms with Gasteiger partial charge in [-0.15, -0.1) is 0 Å². The summed E-state index contributed by atoms with van der Waals surface area (Å²) in [6.07, 6.45) is 1.44. The van der Waals surface area contributed by atoms with Crippen molar-refractivity contribution in [2.75, 3.05) is 0 Å². The van der Waals surface area contributed by atoms with Crippen LogP contribution in [-0.2, 0) is 4.79 Å². The maximum absolute atomic E-state index is 13.0. The summed E-state index contributed by atoms with van der Waals surface area (Å²) in [4.78, 5) is 23.6. The number of ketones is 1. The summed E-state index contributed by atoms with van der Waals surface area (Å²) < 4.78 is 13.0. The molecule has 0 radical (unpaired) electrons. The number of rotatable bonds is 1. The Balaban J connectivity index is 2.43. The van der Waals surface area contributed by atoms with Crippen LogP contribution in [0.15, 0.2) is 30.5 Å². The van der Waals surface area contributed by atoms with Crippen molar-refractivity contribution in [3.63, 3.8) is 0 Å². The van der Waals surface area contributed by atoms with Crippen molar-refractivity contribution < 1.29 is 19.1 Å². The minimum atomic E-state index is -1.13. The van der Waals surface area contributed by atoms with Gasteiger partial charge in [0.05, 0.1) is 6.04 Å². The van der Waals surface area contributed by atoms with Crippen molar-refractivity contribution in [3.8, 4) is 0 Å². The number of carboxylic acid groups (broad SMARTS) is 1. The molecule has 0 aliphatic carbocycles. The molecule has 1 aromatic carbocycles. The number of carbonyl (C=O) groups excluding carboxylic acids is 1. The third kappa shape index (κ3) is 2.25. The molecule has 1 heterocycles. The standard InChI is InChI=1S/C13H12FNO3/c1-8-6-9(14)2-3-11(8)12-7-10(16)4-5-15(12)13(17)18/h2-6,12H,7H2,1H3,(H,17,18). The number of amides is 1. The first-order chi connectivity index (χ1) is 8.49. The molecule has 0 fully saturated rings. The highest BCUT2D eigenvalue weighted by Crippen LogP contribution is 2.30. The fourth-order valence-electron chi connectivity index (χ4n) is 2.09. The van der Waals surface area contributed by atoms with Crippen molar-refractivity contribution in [2.45, 2.75) is 19.4 Å². The highest BCUT2D eigenvalue weighted by atomic mass is 19.1. The predicted molar refractivity (Wildman–Crippen MR) is 62.5 cm³/mol. The smallest absolute Gasteiger partial charge is 0.411 e. The Morgan fingerprint density at radius 1 is 1.50 bits per heavy atom. The summed E-state index contributed by atoms with van der Waals surface area (Å²) in [6, 6.07) is 3.54. The van der Waals surface area contributed by atoms with Crippen molar-refractivity contribution in [3.05, 3.63) is 47.4 Å². The van der Waals surface area contributed by atoms with Crippen molar-refractivity contribution in [2.24, 2.45) is 0 Å². The van der Waals surface area contributed by atoms with Gasteiger partial charge in [-0.2, -0.15) is 0 Å². The van der Waals surface area contributed by atoms with E-state index in [-0.39, 0.29) is 18.0 Å². The predicted octanol–water partition coefficient (Wildman–Crippen LogP) is 2.64. The Morgan fingerprint density at radius 2 is 2.22 bits per heavy atom. The molecule has 1 aliphatic rings. The number of hydrogen-bond acceptors (Lipinski definition) is 2. The second kappa shape index (κ2) is 4.60. The lowest BCUT2D eigenvalue weighted by atomic mass is 9.94. The van der Waals surface area contributed by atoms with E-state index in [1.807, 2.05) is 0 Å². The van der Waals surface area contributed by atoms with E-state index in [0.29, 0.717) is 11.1 Å². The molecule has 1 aliphatic heterocycles. The van der Waals surface area contributed by atoms with Crippen LogP contribution in [-0.4, -0.2) is 21.9 Å². The Kier molecular flexibility index (Phi) is 3.14. The van der Waals surface area contributed by atoms with Crippen LogP contribution in [0.3, 0.4) is 0 Å². The first-order valence-electron chi connectivity index (χ1n) is 5.47. The number of carbonyl (C=O) groups is 2. The van der Waals surface area contributed by atoms with Crippen LogP contribution < -0.4 is 0 Å². The fraction of sp³-hybridized carbons (Fsp3) is 0.231. The number of hydrogen-bond donors (Lipinski definition) is 1. The molecule has 1 atom stereocenters. The lowest BCUT2D eigenvalue weighted by Gasteiger charge is -2.29. The fourth-order valence-corrected chi connectivity index (χ4v) is 2.09. The third-order valence-electron chi connectivity index (χ3n) is 2.96. The molecule has 5 heteroatoms. The molecular formula is C13H12FNO3. The average Bonchev–Trinajstić information content (AvgIpc) is 2.28. The molecule has 0 saturated heterocycles. The lowest BCUT2D eigenvalue weighted by Crippen LogP contribution is -2.33. The van der Waals surface area contributed by atoms with E-state index in [1.54, 1.807) is 6.92 Å². The second-order valence-corrected chi connectivity index (χ2v) is 4.19. The van der Waals surface area contributed by atoms with Gasteiger partial charge in [0.2, 0.25) is 0 Å². The van der Waals surface area contributed by atoms with Gasteiger partial charge in [-0.3, -0.25) is 9.69 Å². The van der Waals surface area contributed by atoms with E-state index in [9.17, 15) is 14.0 Å². The summed E-state index contributed by atoms with van der Waals surface area (Å²) in [6.45, 7) is 1.70. The number of aryl methyl sites for hydroxylation is 1. The normalized spacial score (nSPS) is 19.1. The molecule has 0 spiro atoms. The molecule has 0 saturated carbocycles. The average molecular weight is 249 g/mol. The lowest BCUT2D eigenvalue weighted by molar-refractivity contribution is -0.116. The van der Waals surface area contributed by atoms with E-state index >= 15 is 0 Å². The zero-order valence-corrected chi connectivity index (χ0v) is 9.76. The van der Waals surface area contributed by atoms with Gasteiger partial charge in [0.25, 0.3) is 0 Å². The van der Waals surface area contributed by atoms with Crippen LogP contribution in [0.5, 0.6) is 0 Å². The highest BCUT2D eigenvalue weighted by Gasteiger charge is 2.29. The summed E-state index contributed by atoms with van der Waals surface area (Å²) in [7, 11) is 0. The van der Waals surface area contributed by atoms with E-state index in [4.69, 9.17) is 5.11 Å². The quantitative estimate of drug-likeness (QED) is 0.832. The van der Waals surface area contributed by atoms with Crippen LogP contribution in [0, 0.1) is 12.7 Å². The molecule has 1 aromatic rings. The van der Waals surface area contributed by atoms with Crippen LogP contribution in [0.2, 0.25) is 0 Å². The van der Waals surface area contributed by atoms with Gasteiger partial charge in [0.1, 0.15) is 5.82 Å². The topological polar surface area (TPSA) is 57.6 Å². The highest BCUT2D eigenvalue weighted by molar-refractivity contribution is 5.92. The van der Waals surface area contributed by atoms with E-state index in [2.05, 4.69) is 0 Å². The minimum Gasteiger partial charge on any atom is -0.465 e. The summed E-state index contributed by atoms with van der Waals surface area (Å²) >= 11 is 0. The summed E-state index contributed by atoms with van der Waals surface area (Å²) in [5.41, 5.74) is 1.28. The molecule has 1 unspecified atom stereocenters. The molecule has 4 nitrogen and oxygen atoms in total. The Bertz CT molecular complexity index is 539. The van der Waals surface area contributed by atoms with Gasteiger partial charge in [-0.1, -0.05) is 6.07 Å². The van der Waals surface area contributed by atoms with E-state index < -0.39 is 12.1 Å². The minimum absolute atomic E-state index is 0.0786. The first kappa shape index (κ1) is 12.3. The third-order valence-corrected chi connectivity index (χ3v) is 2.96. The zero-order chi connectivity index (χ0) is 13.3. The van der Waals surface area contributed by atoms with E-state index in [1.165, 1.54) is 30.5 Å². The molecule has 0 bridgehead atoms. The zero-order valence-electron chi connectivity index (χ0n) is 9.76. The molecule has 94 valence electrons. The number of benzene rings is 1. The first-order valence-corrected chi connectivity index (χ1v) is 5.47. The van der Waals surface area contributed by atoms with Gasteiger partial charge in [0.15, 0.2) is 5.78 Å². The summed E-state index contributed by atoms with van der Waals surface area (Å²) in [5.74, 6) is -0.517. The Labute approximate surface area is 103 Å². The number of nitrogens with zero attached hydrogens (tertiary/aromatic N) is 1. The van der Waals surface area contributed by atoms with Gasteiger partial charge in [-0.05, 0) is 36.3 Å². The van der Waals surface area contributed by atoms with Gasteiger partial charge >= 0.3 is 6.09 Å².